The van der Waals surface area contributed by atoms with Crippen molar-refractivity contribution >= 4 is 28.4 Å². The van der Waals surface area contributed by atoms with Crippen LogP contribution in [0, 0.1) is 23.7 Å². The summed E-state index contributed by atoms with van der Waals surface area (Å²) in [4.78, 5) is 20.9. The van der Waals surface area contributed by atoms with Crippen LogP contribution < -0.4 is 20.1 Å². The number of amides is 1. The zero-order valence-electron chi connectivity index (χ0n) is 16.4. The van der Waals surface area contributed by atoms with Gasteiger partial charge >= 0.3 is 0 Å². The second kappa shape index (κ2) is 7.15. The number of aromatic nitrogens is 4. The number of nitrogens with zero attached hydrogens (tertiary/aromatic N) is 4. The number of nitrogens with one attached hydrogen (secondary N) is 2. The highest BCUT2D eigenvalue weighted by Gasteiger charge is 2.39. The second-order valence-electron chi connectivity index (χ2n) is 7.24. The number of hydrogen-bond donors (Lipinski definition) is 2. The van der Waals surface area contributed by atoms with E-state index >= 15 is 0 Å². The molecule has 0 bridgehead atoms. The van der Waals surface area contributed by atoms with Crippen molar-refractivity contribution in [2.45, 2.75) is 13.3 Å². The first-order valence-electron chi connectivity index (χ1n) is 9.55. The SMILES string of the molecule is CNc1ncc(C#Cc2cc3c(cn2)OCO3)c2cc(NC(=O)[C@H]3C[C@H]3C)nnc12. The van der Waals surface area contributed by atoms with Gasteiger partial charge in [0.15, 0.2) is 23.1 Å². The van der Waals surface area contributed by atoms with Crippen molar-refractivity contribution in [1.29, 1.82) is 0 Å². The van der Waals surface area contributed by atoms with E-state index in [4.69, 9.17) is 9.47 Å². The minimum atomic E-state index is -0.0313. The van der Waals surface area contributed by atoms with E-state index in [9.17, 15) is 4.79 Å². The van der Waals surface area contributed by atoms with Gasteiger partial charge in [0.25, 0.3) is 0 Å². The molecule has 9 nitrogen and oxygen atoms in total. The van der Waals surface area contributed by atoms with Crippen LogP contribution in [0.3, 0.4) is 0 Å². The molecule has 0 saturated heterocycles. The molecule has 3 aromatic heterocycles. The lowest BCUT2D eigenvalue weighted by Gasteiger charge is -2.08. The van der Waals surface area contributed by atoms with Crippen LogP contribution >= 0.6 is 0 Å². The molecule has 1 aliphatic heterocycles. The number of hydrogen-bond acceptors (Lipinski definition) is 8. The van der Waals surface area contributed by atoms with E-state index in [1.54, 1.807) is 31.6 Å². The van der Waals surface area contributed by atoms with E-state index in [1.165, 1.54) is 0 Å². The molecular weight excluding hydrogens is 384 g/mol. The number of anilines is 2. The molecule has 2 aliphatic rings. The van der Waals surface area contributed by atoms with Crippen molar-refractivity contribution in [3.05, 3.63) is 35.8 Å². The predicted molar refractivity (Wildman–Crippen MR) is 109 cm³/mol. The standard InChI is InChI=1S/C21H18N6O3/c1-11-5-14(11)21(28)25-18-7-15-12(8-24-20(22-2)19(15)27-26-18)3-4-13-6-16-17(9-23-13)30-10-29-16/h6-9,11,14H,5,10H2,1-2H3,(H,22,24)(H,25,26,28)/t11-,14+/m1/s1. The third kappa shape index (κ3) is 3.33. The van der Waals surface area contributed by atoms with Crippen molar-refractivity contribution in [2.75, 3.05) is 24.5 Å². The first kappa shape index (κ1) is 18.1. The van der Waals surface area contributed by atoms with Gasteiger partial charge in [-0.1, -0.05) is 12.8 Å². The van der Waals surface area contributed by atoms with Crippen molar-refractivity contribution in [3.63, 3.8) is 0 Å². The number of carbonyl (C=O) groups excluding carboxylic acids is 1. The third-order valence-corrected chi connectivity index (χ3v) is 5.15. The summed E-state index contributed by atoms with van der Waals surface area (Å²) >= 11 is 0. The van der Waals surface area contributed by atoms with Crippen molar-refractivity contribution in [1.82, 2.24) is 20.2 Å². The van der Waals surface area contributed by atoms with Crippen molar-refractivity contribution in [2.24, 2.45) is 11.8 Å². The first-order valence-corrected chi connectivity index (χ1v) is 9.55. The summed E-state index contributed by atoms with van der Waals surface area (Å²) in [6.45, 7) is 2.24. The van der Waals surface area contributed by atoms with Gasteiger partial charge in [-0.25, -0.2) is 9.97 Å². The molecular formula is C21H18N6O3. The Kier molecular flexibility index (Phi) is 4.32. The number of ether oxygens (including phenoxy) is 2. The Balaban J connectivity index is 1.51. The maximum Gasteiger partial charge on any atom is 0.231 e. The lowest BCUT2D eigenvalue weighted by Crippen LogP contribution is -2.16. The second-order valence-corrected chi connectivity index (χ2v) is 7.24. The molecule has 5 rings (SSSR count). The van der Waals surface area contributed by atoms with Gasteiger partial charge in [0, 0.05) is 30.6 Å². The van der Waals surface area contributed by atoms with Crippen LogP contribution in [0.2, 0.25) is 0 Å². The number of fused-ring (bicyclic) bond motifs is 2. The summed E-state index contributed by atoms with van der Waals surface area (Å²) in [7, 11) is 1.76. The van der Waals surface area contributed by atoms with E-state index in [0.717, 1.165) is 11.8 Å². The Hall–Kier alpha value is -3.93. The smallest absolute Gasteiger partial charge is 0.231 e. The van der Waals surface area contributed by atoms with Crippen LogP contribution in [-0.4, -0.2) is 39.9 Å². The maximum atomic E-state index is 12.3. The fraction of sp³-hybridized carbons (Fsp3) is 0.286. The summed E-state index contributed by atoms with van der Waals surface area (Å²) in [5, 5.41) is 15.0. The Bertz CT molecular complexity index is 1230. The van der Waals surface area contributed by atoms with Gasteiger partial charge in [-0.2, -0.15) is 0 Å². The summed E-state index contributed by atoms with van der Waals surface area (Å²) in [6, 6.07) is 3.50. The van der Waals surface area contributed by atoms with Gasteiger partial charge in [0.05, 0.1) is 11.8 Å². The van der Waals surface area contributed by atoms with Gasteiger partial charge in [-0.15, -0.1) is 10.2 Å². The zero-order valence-corrected chi connectivity index (χ0v) is 16.4. The van der Waals surface area contributed by atoms with Gasteiger partial charge in [0.1, 0.15) is 11.2 Å². The van der Waals surface area contributed by atoms with Gasteiger partial charge < -0.3 is 20.1 Å². The van der Waals surface area contributed by atoms with Crippen LogP contribution in [0.4, 0.5) is 11.6 Å². The molecule has 0 radical (unpaired) electrons. The van der Waals surface area contributed by atoms with Crippen LogP contribution in [-0.2, 0) is 4.79 Å². The fourth-order valence-electron chi connectivity index (χ4n) is 3.28. The summed E-state index contributed by atoms with van der Waals surface area (Å²) in [5.41, 5.74) is 1.76. The molecule has 1 saturated carbocycles. The molecule has 0 unspecified atom stereocenters. The predicted octanol–water partition coefficient (Wildman–Crippen LogP) is 2.18. The third-order valence-electron chi connectivity index (χ3n) is 5.15. The lowest BCUT2D eigenvalue weighted by atomic mass is 10.1. The highest BCUT2D eigenvalue weighted by Crippen LogP contribution is 2.38. The van der Waals surface area contributed by atoms with Crippen LogP contribution in [0.15, 0.2) is 24.5 Å². The maximum absolute atomic E-state index is 12.3. The summed E-state index contributed by atoms with van der Waals surface area (Å²) in [5.74, 6) is 8.73. The molecule has 0 spiro atoms. The number of carbonyl (C=O) groups is 1. The van der Waals surface area contributed by atoms with E-state index in [1.807, 2.05) is 0 Å². The molecule has 2 atom stereocenters. The van der Waals surface area contributed by atoms with Gasteiger partial charge in [-0.3, -0.25) is 4.79 Å². The van der Waals surface area contributed by atoms with Crippen molar-refractivity contribution in [3.8, 4) is 23.3 Å². The molecule has 1 fully saturated rings. The van der Waals surface area contributed by atoms with Crippen molar-refractivity contribution < 1.29 is 14.3 Å². The quantitative estimate of drug-likeness (QED) is 0.642. The largest absolute Gasteiger partial charge is 0.453 e. The van der Waals surface area contributed by atoms with E-state index in [2.05, 4.69) is 49.6 Å². The Morgan fingerprint density at radius 1 is 1.13 bits per heavy atom. The minimum absolute atomic E-state index is 0.0313. The highest BCUT2D eigenvalue weighted by molar-refractivity contribution is 5.97. The Morgan fingerprint density at radius 2 is 1.97 bits per heavy atom. The fourth-order valence-corrected chi connectivity index (χ4v) is 3.28. The molecule has 30 heavy (non-hydrogen) atoms. The number of pyridine rings is 2. The highest BCUT2D eigenvalue weighted by atomic mass is 16.7. The van der Waals surface area contributed by atoms with Gasteiger partial charge in [-0.05, 0) is 24.3 Å². The Morgan fingerprint density at radius 3 is 2.77 bits per heavy atom. The monoisotopic (exact) mass is 402 g/mol. The molecule has 2 N–H and O–H groups in total. The van der Waals surface area contributed by atoms with E-state index < -0.39 is 0 Å². The summed E-state index contributed by atoms with van der Waals surface area (Å²) in [6.07, 6.45) is 4.15. The van der Waals surface area contributed by atoms with Gasteiger partial charge in [0.2, 0.25) is 12.7 Å². The minimum Gasteiger partial charge on any atom is -0.453 e. The van der Waals surface area contributed by atoms with Crippen LogP contribution in [0.25, 0.3) is 10.9 Å². The molecule has 0 aromatic carbocycles. The topological polar surface area (TPSA) is 111 Å². The first-order chi connectivity index (χ1) is 14.6. The average Bonchev–Trinajstić information content (AvgIpc) is 3.31. The average molecular weight is 402 g/mol. The lowest BCUT2D eigenvalue weighted by molar-refractivity contribution is -0.117. The molecule has 1 amide bonds. The molecule has 4 heterocycles. The van der Waals surface area contributed by atoms with E-state index in [-0.39, 0.29) is 18.6 Å². The molecule has 9 heteroatoms. The molecule has 150 valence electrons. The summed E-state index contributed by atoms with van der Waals surface area (Å²) < 4.78 is 10.6. The Labute approximate surface area is 172 Å². The number of rotatable bonds is 3. The molecule has 1 aliphatic carbocycles. The zero-order chi connectivity index (χ0) is 20.7. The van der Waals surface area contributed by atoms with E-state index in [0.29, 0.717) is 45.8 Å². The normalized spacial score (nSPS) is 18.5. The van der Waals surface area contributed by atoms with Crippen LogP contribution in [0.1, 0.15) is 24.6 Å². The molecule has 3 aromatic rings. The van der Waals surface area contributed by atoms with Crippen LogP contribution in [0.5, 0.6) is 11.5 Å².